The predicted molar refractivity (Wildman–Crippen MR) is 113 cm³/mol. The van der Waals surface area contributed by atoms with E-state index in [9.17, 15) is 0 Å². The molecule has 23 heavy (non-hydrogen) atoms. The van der Waals surface area contributed by atoms with Gasteiger partial charge in [0, 0.05) is 0 Å². The van der Waals surface area contributed by atoms with Crippen LogP contribution < -0.4 is 0 Å². The van der Waals surface area contributed by atoms with Gasteiger partial charge in [0.05, 0.1) is 0 Å². The van der Waals surface area contributed by atoms with Gasteiger partial charge in [-0.3, -0.25) is 0 Å². The Labute approximate surface area is 150 Å². The van der Waals surface area contributed by atoms with Crippen molar-refractivity contribution in [2.75, 3.05) is 0 Å². The molecule has 0 bridgehead atoms. The summed E-state index contributed by atoms with van der Waals surface area (Å²) in [5.74, 6) is 0. The van der Waals surface area contributed by atoms with E-state index in [0.717, 1.165) is 0 Å². The van der Waals surface area contributed by atoms with Crippen LogP contribution in [0.3, 0.4) is 0 Å². The number of hydrogen-bond donors (Lipinski definition) is 0. The minimum absolute atomic E-state index is 0.358. The zero-order valence-corrected chi connectivity index (χ0v) is 22.7. The van der Waals surface area contributed by atoms with Gasteiger partial charge in [0.15, 0.2) is 16.6 Å². The van der Waals surface area contributed by atoms with Gasteiger partial charge in [0.1, 0.15) is 0 Å². The fraction of sp³-hybridized carbons (Fsp3) is 1.00. The van der Waals surface area contributed by atoms with Crippen LogP contribution in [-0.2, 0) is 16.5 Å². The molecule has 0 N–H and O–H groups in total. The van der Waals surface area contributed by atoms with E-state index >= 15 is 0 Å². The molecule has 0 amide bonds. The van der Waals surface area contributed by atoms with Gasteiger partial charge < -0.3 is 16.5 Å². The summed E-state index contributed by atoms with van der Waals surface area (Å²) in [6.45, 7) is 28.5. The van der Waals surface area contributed by atoms with Crippen LogP contribution in [0.15, 0.2) is 0 Å². The molecule has 0 aliphatic rings. The molecule has 140 valence electrons. The molecule has 0 spiro atoms. The maximum atomic E-state index is 6.65. The predicted octanol–water partition coefficient (Wildman–Crippen LogP) is 5.61. The lowest BCUT2D eigenvalue weighted by molar-refractivity contribution is 0.285. The van der Waals surface area contributed by atoms with E-state index in [1.54, 1.807) is 0 Å². The van der Waals surface area contributed by atoms with Gasteiger partial charge in [-0.25, -0.2) is 0 Å². The first-order valence-corrected chi connectivity index (χ1v) is 23.4. The van der Waals surface area contributed by atoms with Crippen LogP contribution in [0.25, 0.3) is 0 Å². The van der Waals surface area contributed by atoms with Gasteiger partial charge in [0.2, 0.25) is 0 Å². The largest absolute Gasteiger partial charge is 0.437 e. The normalized spacial score (nSPS) is 15.4. The summed E-state index contributed by atoms with van der Waals surface area (Å²) >= 11 is 0. The molecule has 0 saturated heterocycles. The fourth-order valence-electron chi connectivity index (χ4n) is 2.75. The zero-order chi connectivity index (χ0) is 18.9. The Morgan fingerprint density at radius 1 is 0.478 bits per heavy atom. The highest BCUT2D eigenvalue weighted by atomic mass is 28.5. The molecule has 0 radical (unpaired) electrons. The van der Waals surface area contributed by atoms with Crippen molar-refractivity contribution in [3.63, 3.8) is 0 Å². The van der Waals surface area contributed by atoms with Gasteiger partial charge in [-0.05, 0) is 77.6 Å². The summed E-state index contributed by atoms with van der Waals surface area (Å²) in [6.07, 6.45) is 0. The first-order valence-electron chi connectivity index (χ1n) is 8.58. The first-order chi connectivity index (χ1) is 9.77. The molecule has 0 aromatic rings. The van der Waals surface area contributed by atoms with Crippen molar-refractivity contribution in [1.82, 2.24) is 0 Å². The molecule has 0 aromatic heterocycles. The molecule has 4 nitrogen and oxygen atoms in total. The summed E-state index contributed by atoms with van der Waals surface area (Å²) in [5.41, 5.74) is 0.358. The third kappa shape index (κ3) is 10.5. The molecule has 0 saturated carbocycles. The maximum absolute atomic E-state index is 6.65. The van der Waals surface area contributed by atoms with Crippen molar-refractivity contribution in [3.8, 4) is 0 Å². The molecular weight excluding hydrogens is 373 g/mol. The van der Waals surface area contributed by atoms with Gasteiger partial charge >= 0.3 is 25.7 Å². The summed E-state index contributed by atoms with van der Waals surface area (Å²) in [4.78, 5) is 0. The Morgan fingerprint density at radius 3 is 0.913 bits per heavy atom. The highest BCUT2D eigenvalue weighted by Gasteiger charge is 2.49. The lowest BCUT2D eigenvalue weighted by Gasteiger charge is -2.44. The maximum Gasteiger partial charge on any atom is 0.320 e. The van der Waals surface area contributed by atoms with Crippen molar-refractivity contribution in [1.29, 1.82) is 0 Å². The van der Waals surface area contributed by atoms with Crippen LogP contribution in [0.2, 0.25) is 77.6 Å². The van der Waals surface area contributed by atoms with Gasteiger partial charge in [-0.15, -0.1) is 0 Å². The molecule has 0 unspecified atom stereocenters. The third-order valence-corrected chi connectivity index (χ3v) is 21.2. The Kier molecular flexibility index (Phi) is 7.97. The van der Waals surface area contributed by atoms with Crippen LogP contribution in [0, 0.1) is 0 Å². The minimum Gasteiger partial charge on any atom is -0.437 e. The van der Waals surface area contributed by atoms with Crippen molar-refractivity contribution in [2.24, 2.45) is 0 Å². The quantitative estimate of drug-likeness (QED) is 0.461. The number of rotatable bonds is 9. The monoisotopic (exact) mass is 412 g/mol. The molecule has 0 aliphatic heterocycles. The molecule has 9 heteroatoms. The van der Waals surface area contributed by atoms with Crippen LogP contribution in [0.5, 0.6) is 0 Å². The summed E-state index contributed by atoms with van der Waals surface area (Å²) < 4.78 is 26.1. The first kappa shape index (κ1) is 23.9. The smallest absolute Gasteiger partial charge is 0.320 e. The van der Waals surface area contributed by atoms with E-state index in [1.165, 1.54) is 0 Å². The molecule has 0 rings (SSSR count). The SMILES string of the molecule is CC(C)[Si](C)(O[Si](C)(C)O[Si](C)(C)C)O[Si](C)(C)O[Si](C)(C)C. The van der Waals surface area contributed by atoms with Crippen LogP contribution in [-0.4, -0.2) is 42.3 Å². The van der Waals surface area contributed by atoms with Crippen molar-refractivity contribution in [3.05, 3.63) is 0 Å². The van der Waals surface area contributed by atoms with E-state index in [0.29, 0.717) is 5.54 Å². The molecule has 0 fully saturated rings. The van der Waals surface area contributed by atoms with Gasteiger partial charge in [0.25, 0.3) is 0 Å². The third-order valence-electron chi connectivity index (χ3n) is 3.05. The van der Waals surface area contributed by atoms with E-state index in [2.05, 4.69) is 85.9 Å². The van der Waals surface area contributed by atoms with Crippen LogP contribution >= 0.6 is 0 Å². The van der Waals surface area contributed by atoms with Crippen molar-refractivity contribution < 1.29 is 16.5 Å². The highest BCUT2D eigenvalue weighted by Crippen LogP contribution is 2.32. The summed E-state index contributed by atoms with van der Waals surface area (Å²) in [7, 11) is -10.1. The van der Waals surface area contributed by atoms with Crippen molar-refractivity contribution >= 4 is 42.3 Å². The molecular formula is C14H40O4Si5. The lowest BCUT2D eigenvalue weighted by Crippen LogP contribution is -2.60. The number of hydrogen-bond acceptors (Lipinski definition) is 4. The Balaban J connectivity index is 5.28. The zero-order valence-electron chi connectivity index (χ0n) is 17.7. The van der Waals surface area contributed by atoms with Gasteiger partial charge in [-0.1, -0.05) is 13.8 Å². The Morgan fingerprint density at radius 2 is 0.739 bits per heavy atom. The molecule has 0 atom stereocenters. The molecule has 0 aliphatic carbocycles. The molecule has 0 aromatic carbocycles. The topological polar surface area (TPSA) is 36.9 Å². The second-order valence-corrected chi connectivity index (χ2v) is 30.1. The highest BCUT2D eigenvalue weighted by molar-refractivity contribution is 6.91. The van der Waals surface area contributed by atoms with E-state index < -0.39 is 42.3 Å². The van der Waals surface area contributed by atoms with Crippen LogP contribution in [0.1, 0.15) is 13.8 Å². The standard InChI is InChI=1S/C14H40O4Si5/c1-14(2)23(13,17-21(9,10)15-19(3,4)5)18-22(11,12)16-20(6,7)8/h14H,1-13H3. The average Bonchev–Trinajstić information content (AvgIpc) is 2.04. The van der Waals surface area contributed by atoms with E-state index in [-0.39, 0.29) is 0 Å². The molecule has 0 heterocycles. The summed E-state index contributed by atoms with van der Waals surface area (Å²) in [5, 5.41) is 0. The summed E-state index contributed by atoms with van der Waals surface area (Å²) in [6, 6.07) is 0. The van der Waals surface area contributed by atoms with E-state index in [4.69, 9.17) is 16.5 Å². The second kappa shape index (κ2) is 7.66. The average molecular weight is 413 g/mol. The Bertz CT molecular complexity index is 356. The fourth-order valence-corrected chi connectivity index (χ4v) is 25.9. The second-order valence-electron chi connectivity index (χ2n) is 9.60. The van der Waals surface area contributed by atoms with Crippen molar-refractivity contribution in [2.45, 2.75) is 91.4 Å². The minimum atomic E-state index is -2.38. The van der Waals surface area contributed by atoms with Gasteiger partial charge in [-0.2, -0.15) is 0 Å². The lowest BCUT2D eigenvalue weighted by atomic mass is 10.6. The van der Waals surface area contributed by atoms with Crippen LogP contribution in [0.4, 0.5) is 0 Å². The Hall–Kier alpha value is 0.924. The van der Waals surface area contributed by atoms with E-state index in [1.807, 2.05) is 0 Å².